The summed E-state index contributed by atoms with van der Waals surface area (Å²) in [5.74, 6) is -0.0524. The molecular formula is C17H19ClN4O4. The molecule has 0 fully saturated rings. The van der Waals surface area contributed by atoms with Crippen LogP contribution in [0.3, 0.4) is 0 Å². The maximum Gasteiger partial charge on any atom is 0.326 e. The van der Waals surface area contributed by atoms with Crippen molar-refractivity contribution in [3.8, 4) is 5.75 Å². The van der Waals surface area contributed by atoms with E-state index in [1.165, 1.54) is 12.0 Å². The van der Waals surface area contributed by atoms with Crippen LogP contribution in [0.5, 0.6) is 5.75 Å². The van der Waals surface area contributed by atoms with E-state index in [2.05, 4.69) is 15.5 Å². The Bertz CT molecular complexity index is 783. The summed E-state index contributed by atoms with van der Waals surface area (Å²) in [5, 5.41) is 10.5. The number of halogens is 1. The van der Waals surface area contributed by atoms with Crippen LogP contribution in [0.4, 0.5) is 11.5 Å². The van der Waals surface area contributed by atoms with Crippen molar-refractivity contribution in [2.45, 2.75) is 6.92 Å². The zero-order valence-corrected chi connectivity index (χ0v) is 15.4. The first-order chi connectivity index (χ1) is 12.4. The summed E-state index contributed by atoms with van der Waals surface area (Å²) in [5.41, 5.74) is 1.48. The molecule has 26 heavy (non-hydrogen) atoms. The maximum atomic E-state index is 12.0. The number of ether oxygens (including phenoxy) is 2. The van der Waals surface area contributed by atoms with Crippen LogP contribution < -0.4 is 15.0 Å². The van der Waals surface area contributed by atoms with Crippen molar-refractivity contribution in [3.05, 3.63) is 41.0 Å². The van der Waals surface area contributed by atoms with Crippen LogP contribution in [0.2, 0.25) is 5.15 Å². The molecule has 0 aliphatic heterocycles. The molecule has 0 saturated heterocycles. The van der Waals surface area contributed by atoms with Gasteiger partial charge < -0.3 is 19.7 Å². The minimum absolute atomic E-state index is 0.0860. The fraction of sp³-hybridized carbons (Fsp3) is 0.294. The van der Waals surface area contributed by atoms with E-state index < -0.39 is 18.5 Å². The van der Waals surface area contributed by atoms with E-state index in [0.717, 1.165) is 5.56 Å². The number of amides is 1. The van der Waals surface area contributed by atoms with Crippen LogP contribution in [0.15, 0.2) is 30.3 Å². The van der Waals surface area contributed by atoms with Crippen LogP contribution in [0.1, 0.15) is 5.56 Å². The number of hydrogen-bond donors (Lipinski definition) is 1. The van der Waals surface area contributed by atoms with Gasteiger partial charge in [0, 0.05) is 7.05 Å². The predicted molar refractivity (Wildman–Crippen MR) is 97.6 cm³/mol. The van der Waals surface area contributed by atoms with E-state index >= 15 is 0 Å². The SMILES string of the molecule is COc1ccc(C)cc1NC(=O)COC(=O)CN(C)c1ccc(Cl)nn1. The normalized spacial score (nSPS) is 10.2. The molecule has 1 amide bonds. The Balaban J connectivity index is 1.84. The fourth-order valence-electron chi connectivity index (χ4n) is 2.08. The Hall–Kier alpha value is -2.87. The molecule has 138 valence electrons. The lowest BCUT2D eigenvalue weighted by molar-refractivity contribution is -0.145. The number of esters is 1. The highest BCUT2D eigenvalue weighted by atomic mass is 35.5. The van der Waals surface area contributed by atoms with Gasteiger partial charge in [-0.05, 0) is 36.8 Å². The number of carbonyl (C=O) groups is 2. The Kier molecular flexibility index (Phi) is 6.74. The first-order valence-corrected chi connectivity index (χ1v) is 8.07. The minimum Gasteiger partial charge on any atom is -0.495 e. The van der Waals surface area contributed by atoms with E-state index in [1.54, 1.807) is 31.3 Å². The van der Waals surface area contributed by atoms with Crippen molar-refractivity contribution in [1.29, 1.82) is 0 Å². The number of nitrogens with one attached hydrogen (secondary N) is 1. The molecule has 1 aromatic carbocycles. The second-order valence-corrected chi connectivity index (χ2v) is 5.87. The largest absolute Gasteiger partial charge is 0.495 e. The molecule has 9 heteroatoms. The smallest absolute Gasteiger partial charge is 0.326 e. The van der Waals surface area contributed by atoms with Crippen LogP contribution in [0.25, 0.3) is 0 Å². The molecule has 8 nitrogen and oxygen atoms in total. The summed E-state index contributed by atoms with van der Waals surface area (Å²) in [6.07, 6.45) is 0. The molecule has 0 aliphatic rings. The number of carbonyl (C=O) groups excluding carboxylic acids is 2. The van der Waals surface area contributed by atoms with E-state index in [0.29, 0.717) is 17.3 Å². The van der Waals surface area contributed by atoms with Crippen molar-refractivity contribution in [2.75, 3.05) is 37.5 Å². The van der Waals surface area contributed by atoms with E-state index in [9.17, 15) is 9.59 Å². The number of likely N-dealkylation sites (N-methyl/N-ethyl adjacent to an activating group) is 1. The molecule has 0 atom stereocenters. The van der Waals surface area contributed by atoms with E-state index in [-0.39, 0.29) is 11.7 Å². The monoisotopic (exact) mass is 378 g/mol. The van der Waals surface area contributed by atoms with Crippen molar-refractivity contribution >= 4 is 35.0 Å². The van der Waals surface area contributed by atoms with Crippen LogP contribution >= 0.6 is 11.6 Å². The predicted octanol–water partition coefficient (Wildman–Crippen LogP) is 2.07. The summed E-state index contributed by atoms with van der Waals surface area (Å²) >= 11 is 5.67. The molecule has 0 radical (unpaired) electrons. The Morgan fingerprint density at radius 1 is 1.23 bits per heavy atom. The molecule has 2 rings (SSSR count). The highest BCUT2D eigenvalue weighted by Crippen LogP contribution is 2.25. The second kappa shape index (κ2) is 9.00. The third kappa shape index (κ3) is 5.59. The summed E-state index contributed by atoms with van der Waals surface area (Å²) in [4.78, 5) is 25.4. The summed E-state index contributed by atoms with van der Waals surface area (Å²) in [6, 6.07) is 8.57. The summed E-state index contributed by atoms with van der Waals surface area (Å²) in [6.45, 7) is 1.40. The van der Waals surface area contributed by atoms with Gasteiger partial charge in [0.2, 0.25) is 0 Å². The quantitative estimate of drug-likeness (QED) is 0.737. The molecule has 1 heterocycles. The number of methoxy groups -OCH3 is 1. The fourth-order valence-corrected chi connectivity index (χ4v) is 2.19. The van der Waals surface area contributed by atoms with Gasteiger partial charge in [0.05, 0.1) is 12.8 Å². The van der Waals surface area contributed by atoms with Crippen LogP contribution in [-0.4, -0.2) is 49.4 Å². The average molecular weight is 379 g/mol. The third-order valence-corrected chi connectivity index (χ3v) is 3.57. The van der Waals surface area contributed by atoms with Gasteiger partial charge in [0.25, 0.3) is 5.91 Å². The molecule has 1 N–H and O–H groups in total. The number of aryl methyl sites for hydroxylation is 1. The maximum absolute atomic E-state index is 12.0. The number of benzene rings is 1. The van der Waals surface area contributed by atoms with E-state index in [4.69, 9.17) is 21.1 Å². The van der Waals surface area contributed by atoms with Crippen LogP contribution in [-0.2, 0) is 14.3 Å². The summed E-state index contributed by atoms with van der Waals surface area (Å²) < 4.78 is 10.2. The first kappa shape index (κ1) is 19.5. The van der Waals surface area contributed by atoms with Gasteiger partial charge in [-0.1, -0.05) is 17.7 Å². The molecule has 0 spiro atoms. The third-order valence-electron chi connectivity index (χ3n) is 3.37. The van der Waals surface area contributed by atoms with E-state index in [1.807, 2.05) is 13.0 Å². The minimum atomic E-state index is -0.574. The Labute approximate surface area is 156 Å². The second-order valence-electron chi connectivity index (χ2n) is 5.48. The van der Waals surface area contributed by atoms with Gasteiger partial charge in [-0.3, -0.25) is 9.59 Å². The van der Waals surface area contributed by atoms with Crippen molar-refractivity contribution in [1.82, 2.24) is 10.2 Å². The molecular weight excluding hydrogens is 360 g/mol. The zero-order valence-electron chi connectivity index (χ0n) is 14.7. The summed E-state index contributed by atoms with van der Waals surface area (Å²) in [7, 11) is 3.16. The Morgan fingerprint density at radius 3 is 2.65 bits per heavy atom. The topological polar surface area (TPSA) is 93.6 Å². The molecule has 2 aromatic rings. The molecule has 0 aliphatic carbocycles. The number of hydrogen-bond acceptors (Lipinski definition) is 7. The van der Waals surface area contributed by atoms with Crippen molar-refractivity contribution < 1.29 is 19.1 Å². The van der Waals surface area contributed by atoms with Gasteiger partial charge in [-0.25, -0.2) is 0 Å². The van der Waals surface area contributed by atoms with Gasteiger partial charge in [0.15, 0.2) is 17.6 Å². The van der Waals surface area contributed by atoms with Gasteiger partial charge in [-0.15, -0.1) is 10.2 Å². The van der Waals surface area contributed by atoms with Crippen LogP contribution in [0, 0.1) is 6.92 Å². The molecule has 0 saturated carbocycles. The lowest BCUT2D eigenvalue weighted by Crippen LogP contribution is -2.30. The first-order valence-electron chi connectivity index (χ1n) is 7.69. The number of rotatable bonds is 7. The standard InChI is InChI=1S/C17H19ClN4O4/c1-11-4-5-13(25-3)12(8-11)19-16(23)10-26-17(24)9-22(2)15-7-6-14(18)20-21-15/h4-8H,9-10H2,1-3H3,(H,19,23). The zero-order chi connectivity index (χ0) is 19.1. The highest BCUT2D eigenvalue weighted by molar-refractivity contribution is 6.29. The Morgan fingerprint density at radius 2 is 2.00 bits per heavy atom. The van der Waals surface area contributed by atoms with Crippen molar-refractivity contribution in [3.63, 3.8) is 0 Å². The molecule has 0 bridgehead atoms. The lowest BCUT2D eigenvalue weighted by Gasteiger charge is -2.16. The van der Waals surface area contributed by atoms with Crippen molar-refractivity contribution in [2.24, 2.45) is 0 Å². The average Bonchev–Trinajstić information content (AvgIpc) is 2.60. The lowest BCUT2D eigenvalue weighted by atomic mass is 10.2. The number of aromatic nitrogens is 2. The van der Waals surface area contributed by atoms with Gasteiger partial charge >= 0.3 is 5.97 Å². The van der Waals surface area contributed by atoms with Gasteiger partial charge in [0.1, 0.15) is 12.3 Å². The number of anilines is 2. The van der Waals surface area contributed by atoms with Gasteiger partial charge in [-0.2, -0.15) is 0 Å². The molecule has 1 aromatic heterocycles. The molecule has 0 unspecified atom stereocenters. The number of nitrogens with zero attached hydrogens (tertiary/aromatic N) is 3. The highest BCUT2D eigenvalue weighted by Gasteiger charge is 2.13.